The number of rotatable bonds is 6. The summed E-state index contributed by atoms with van der Waals surface area (Å²) >= 11 is 7.10. The van der Waals surface area contributed by atoms with Crippen LogP contribution in [-0.2, 0) is 16.0 Å². The van der Waals surface area contributed by atoms with Gasteiger partial charge in [0.15, 0.2) is 0 Å². The van der Waals surface area contributed by atoms with Gasteiger partial charge in [-0.1, -0.05) is 53.2 Å². The van der Waals surface area contributed by atoms with E-state index in [0.717, 1.165) is 17.3 Å². The molecule has 1 unspecified atom stereocenters. The summed E-state index contributed by atoms with van der Waals surface area (Å²) in [4.78, 5) is 38.6. The second-order valence-electron chi connectivity index (χ2n) is 8.00. The van der Waals surface area contributed by atoms with E-state index in [1.54, 1.807) is 48.5 Å². The predicted molar refractivity (Wildman–Crippen MR) is 140 cm³/mol. The van der Waals surface area contributed by atoms with Gasteiger partial charge in [-0.25, -0.2) is 0 Å². The molecule has 4 rings (SSSR count). The molecular formula is C26H19ClN4O4S. The first-order valence-corrected chi connectivity index (χ1v) is 12.0. The largest absolute Gasteiger partial charge is 0.321 e. The Morgan fingerprint density at radius 1 is 1.17 bits per heavy atom. The lowest BCUT2D eigenvalue weighted by atomic mass is 10.1. The third-order valence-corrected chi connectivity index (χ3v) is 6.96. The first kappa shape index (κ1) is 25.0. The standard InChI is InChI=1S/C26H19ClN4O4S/c1-16-5-9-19(10-6-16)29-24(32)22(15-28)26-30(20-11-7-18(27)8-12-20)25(33)23(36-26)14-17-3-2-4-21(13-17)31(34)35/h2-13,23H,14H2,1H3,(H,29,32)/b26-22-. The number of hydrogen-bond acceptors (Lipinski definition) is 6. The van der Waals surface area contributed by atoms with Crippen LogP contribution in [0.4, 0.5) is 17.1 Å². The van der Waals surface area contributed by atoms with Crippen LogP contribution in [-0.4, -0.2) is 22.0 Å². The van der Waals surface area contributed by atoms with E-state index < -0.39 is 16.1 Å². The highest BCUT2D eigenvalue weighted by Crippen LogP contribution is 2.42. The number of nitrogens with zero attached hydrogens (tertiary/aromatic N) is 3. The minimum Gasteiger partial charge on any atom is -0.321 e. The minimum absolute atomic E-state index is 0.0801. The second kappa shape index (κ2) is 10.6. The van der Waals surface area contributed by atoms with Gasteiger partial charge in [0, 0.05) is 28.5 Å². The zero-order valence-electron chi connectivity index (χ0n) is 19.0. The van der Waals surface area contributed by atoms with Gasteiger partial charge in [0.05, 0.1) is 10.2 Å². The van der Waals surface area contributed by atoms with Crippen LogP contribution in [0, 0.1) is 28.4 Å². The molecule has 1 heterocycles. The van der Waals surface area contributed by atoms with Gasteiger partial charge in [0.2, 0.25) is 5.91 Å². The van der Waals surface area contributed by atoms with E-state index in [-0.39, 0.29) is 28.6 Å². The van der Waals surface area contributed by atoms with Crippen molar-refractivity contribution in [2.75, 3.05) is 10.2 Å². The van der Waals surface area contributed by atoms with Crippen LogP contribution >= 0.6 is 23.4 Å². The molecule has 3 aromatic carbocycles. The third-order valence-electron chi connectivity index (χ3n) is 5.44. The number of anilines is 2. The zero-order valence-corrected chi connectivity index (χ0v) is 20.5. The smallest absolute Gasteiger partial charge is 0.269 e. The first-order valence-electron chi connectivity index (χ1n) is 10.8. The number of carbonyl (C=O) groups is 2. The number of hydrogen-bond donors (Lipinski definition) is 1. The summed E-state index contributed by atoms with van der Waals surface area (Å²) in [5.74, 6) is -0.994. The van der Waals surface area contributed by atoms with Crippen LogP contribution in [0.25, 0.3) is 0 Å². The van der Waals surface area contributed by atoms with Crippen LogP contribution in [0.1, 0.15) is 11.1 Å². The Balaban J connectivity index is 1.72. The molecule has 1 aliphatic heterocycles. The van der Waals surface area contributed by atoms with Crippen LogP contribution in [0.2, 0.25) is 5.02 Å². The number of thioether (sulfide) groups is 1. The molecule has 1 fully saturated rings. The van der Waals surface area contributed by atoms with Crippen molar-refractivity contribution in [2.45, 2.75) is 18.6 Å². The lowest BCUT2D eigenvalue weighted by Gasteiger charge is -2.19. The highest BCUT2D eigenvalue weighted by molar-refractivity contribution is 8.05. The Labute approximate surface area is 216 Å². The maximum absolute atomic E-state index is 13.5. The molecule has 180 valence electrons. The van der Waals surface area contributed by atoms with Crippen molar-refractivity contribution in [3.8, 4) is 6.07 Å². The number of nitriles is 1. The topological polar surface area (TPSA) is 116 Å². The van der Waals surface area contributed by atoms with E-state index in [0.29, 0.717) is 22.0 Å². The lowest BCUT2D eigenvalue weighted by Crippen LogP contribution is -2.30. The van der Waals surface area contributed by atoms with Crippen molar-refractivity contribution >= 4 is 52.2 Å². The van der Waals surface area contributed by atoms with Gasteiger partial charge in [-0.05, 0) is 55.3 Å². The van der Waals surface area contributed by atoms with E-state index in [9.17, 15) is 25.0 Å². The number of halogens is 1. The molecule has 1 N–H and O–H groups in total. The highest BCUT2D eigenvalue weighted by Gasteiger charge is 2.41. The SMILES string of the molecule is Cc1ccc(NC(=O)/C(C#N)=C2\SC(Cc3cccc([N+](=O)[O-])c3)C(=O)N2c2ccc(Cl)cc2)cc1. The number of carbonyl (C=O) groups excluding carboxylic acids is 2. The summed E-state index contributed by atoms with van der Waals surface area (Å²) in [6.45, 7) is 1.92. The molecule has 0 bridgehead atoms. The van der Waals surface area contributed by atoms with Crippen molar-refractivity contribution in [3.63, 3.8) is 0 Å². The van der Waals surface area contributed by atoms with Gasteiger partial charge in [0.25, 0.3) is 11.6 Å². The number of nitro benzene ring substituents is 1. The molecule has 3 aromatic rings. The Bertz CT molecular complexity index is 1420. The van der Waals surface area contributed by atoms with Gasteiger partial charge in [-0.2, -0.15) is 5.26 Å². The summed E-state index contributed by atoms with van der Waals surface area (Å²) < 4.78 is 0. The van der Waals surface area contributed by atoms with Crippen LogP contribution < -0.4 is 10.2 Å². The second-order valence-corrected chi connectivity index (χ2v) is 9.63. The average Bonchev–Trinajstić information content (AvgIpc) is 3.17. The summed E-state index contributed by atoms with van der Waals surface area (Å²) in [5.41, 5.74) is 2.27. The molecule has 0 aromatic heterocycles. The summed E-state index contributed by atoms with van der Waals surface area (Å²) in [6, 6.07) is 21.6. The summed E-state index contributed by atoms with van der Waals surface area (Å²) in [7, 11) is 0. The van der Waals surface area contributed by atoms with Crippen LogP contribution in [0.5, 0.6) is 0 Å². The fourth-order valence-electron chi connectivity index (χ4n) is 3.65. The molecule has 10 heteroatoms. The number of non-ortho nitro benzene ring substituents is 1. The van der Waals surface area contributed by atoms with Crippen molar-refractivity contribution in [2.24, 2.45) is 0 Å². The average molecular weight is 519 g/mol. The molecule has 0 saturated carbocycles. The molecule has 1 atom stereocenters. The van der Waals surface area contributed by atoms with Crippen molar-refractivity contribution in [1.29, 1.82) is 5.26 Å². The predicted octanol–water partition coefficient (Wildman–Crippen LogP) is 5.62. The van der Waals surface area contributed by atoms with Gasteiger partial charge in [0.1, 0.15) is 16.7 Å². The Hall–Kier alpha value is -4.13. The van der Waals surface area contributed by atoms with E-state index in [2.05, 4.69) is 5.32 Å². The minimum atomic E-state index is -0.701. The number of amides is 2. The zero-order chi connectivity index (χ0) is 25.8. The molecular weight excluding hydrogens is 500 g/mol. The summed E-state index contributed by atoms with van der Waals surface area (Å²) in [5, 5.41) is 23.8. The third kappa shape index (κ3) is 5.40. The highest BCUT2D eigenvalue weighted by atomic mass is 35.5. The Morgan fingerprint density at radius 2 is 1.86 bits per heavy atom. The summed E-state index contributed by atoms with van der Waals surface area (Å²) in [6.07, 6.45) is 0.178. The van der Waals surface area contributed by atoms with Gasteiger partial charge >= 0.3 is 0 Å². The molecule has 1 aliphatic rings. The number of nitro groups is 1. The fraction of sp³-hybridized carbons (Fsp3) is 0.115. The number of nitrogens with one attached hydrogen (secondary N) is 1. The Kier molecular flexibility index (Phi) is 7.38. The van der Waals surface area contributed by atoms with Gasteiger partial charge in [-0.3, -0.25) is 24.6 Å². The quantitative estimate of drug-likeness (QED) is 0.196. The van der Waals surface area contributed by atoms with Gasteiger partial charge < -0.3 is 5.32 Å². The maximum atomic E-state index is 13.5. The molecule has 2 amide bonds. The fourth-order valence-corrected chi connectivity index (χ4v) is 5.09. The lowest BCUT2D eigenvalue weighted by molar-refractivity contribution is -0.384. The van der Waals surface area contributed by atoms with E-state index >= 15 is 0 Å². The molecule has 0 aliphatic carbocycles. The van der Waals surface area contributed by atoms with Crippen molar-refractivity contribution < 1.29 is 14.5 Å². The molecule has 8 nitrogen and oxygen atoms in total. The van der Waals surface area contributed by atoms with E-state index in [1.807, 2.05) is 25.1 Å². The van der Waals surface area contributed by atoms with Crippen LogP contribution in [0.3, 0.4) is 0 Å². The maximum Gasteiger partial charge on any atom is 0.269 e. The molecule has 1 saturated heterocycles. The van der Waals surface area contributed by atoms with Gasteiger partial charge in [-0.15, -0.1) is 0 Å². The molecule has 0 spiro atoms. The van der Waals surface area contributed by atoms with Crippen molar-refractivity contribution in [1.82, 2.24) is 0 Å². The van der Waals surface area contributed by atoms with E-state index in [1.165, 1.54) is 17.0 Å². The van der Waals surface area contributed by atoms with E-state index in [4.69, 9.17) is 11.6 Å². The van der Waals surface area contributed by atoms with Crippen LogP contribution in [0.15, 0.2) is 83.4 Å². The number of aryl methyl sites for hydroxylation is 1. The number of benzene rings is 3. The first-order chi connectivity index (χ1) is 17.3. The monoisotopic (exact) mass is 518 g/mol. The molecule has 0 radical (unpaired) electrons. The molecule has 36 heavy (non-hydrogen) atoms. The van der Waals surface area contributed by atoms with Crippen molar-refractivity contribution in [3.05, 3.63) is 110 Å². The normalized spacial score (nSPS) is 16.4. The Morgan fingerprint density at radius 3 is 2.50 bits per heavy atom.